The summed E-state index contributed by atoms with van der Waals surface area (Å²) in [7, 11) is 0. The van der Waals surface area contributed by atoms with Gasteiger partial charge < -0.3 is 19.8 Å². The molecule has 302 valence electrons. The highest BCUT2D eigenvalue weighted by Crippen LogP contribution is 2.45. The Bertz CT molecular complexity index is 3550. The molecule has 11 rings (SSSR count). The van der Waals surface area contributed by atoms with Crippen LogP contribution >= 0.6 is 0 Å². The molecule has 6 heteroatoms. The van der Waals surface area contributed by atoms with Gasteiger partial charge in [-0.05, 0) is 122 Å². The topological polar surface area (TPSA) is 81.5 Å². The van der Waals surface area contributed by atoms with E-state index < -0.39 is 0 Å². The number of aromatic nitrogens is 2. The van der Waals surface area contributed by atoms with Gasteiger partial charge in [0.05, 0.1) is 56.7 Å². The Hall–Kier alpha value is -8.84. The van der Waals surface area contributed by atoms with Crippen LogP contribution in [0, 0.1) is 36.5 Å². The summed E-state index contributed by atoms with van der Waals surface area (Å²) >= 11 is 0. The first-order chi connectivity index (χ1) is 31.4. The molecule has 2 heterocycles. The zero-order chi connectivity index (χ0) is 43.3. The molecular weight excluding hydrogens is 781 g/mol. The van der Waals surface area contributed by atoms with E-state index in [-0.39, 0.29) is 0 Å². The summed E-state index contributed by atoms with van der Waals surface area (Å²) in [5.74, 6) is 0. The Morgan fingerprint density at radius 3 is 1.22 bits per heavy atom. The first-order valence-corrected chi connectivity index (χ1v) is 21.4. The second-order valence-corrected chi connectivity index (χ2v) is 16.4. The van der Waals surface area contributed by atoms with Crippen LogP contribution in [0.1, 0.15) is 22.3 Å². The molecule has 0 saturated heterocycles. The van der Waals surface area contributed by atoms with Gasteiger partial charge in [0.15, 0.2) is 0 Å². The molecule has 64 heavy (non-hydrogen) atoms. The Balaban J connectivity index is 1.29. The number of hydrogen-bond donors (Lipinski definition) is 2. The maximum absolute atomic E-state index is 10.7. The molecule has 0 aliphatic heterocycles. The summed E-state index contributed by atoms with van der Waals surface area (Å²) in [6, 6.07) is 72.0. The van der Waals surface area contributed by atoms with Crippen LogP contribution in [0.25, 0.3) is 77.2 Å². The van der Waals surface area contributed by atoms with Gasteiger partial charge in [0, 0.05) is 66.5 Å². The van der Waals surface area contributed by atoms with E-state index in [1.807, 2.05) is 84.9 Å². The molecule has 0 bridgehead atoms. The summed E-state index contributed by atoms with van der Waals surface area (Å²) in [6.45, 7) is 4.26. The molecule has 0 radical (unpaired) electrons. The van der Waals surface area contributed by atoms with Crippen LogP contribution in [0.3, 0.4) is 0 Å². The third-order valence-corrected chi connectivity index (χ3v) is 12.2. The second kappa shape index (κ2) is 15.6. The molecule has 6 nitrogen and oxygen atoms in total. The molecule has 0 spiro atoms. The lowest BCUT2D eigenvalue weighted by molar-refractivity contribution is 1.13. The first kappa shape index (κ1) is 38.1. The quantitative estimate of drug-likeness (QED) is 0.160. The van der Waals surface area contributed by atoms with Gasteiger partial charge >= 0.3 is 0 Å². The Labute approximate surface area is 371 Å². The van der Waals surface area contributed by atoms with Crippen molar-refractivity contribution in [1.82, 2.24) is 9.13 Å². The molecule has 0 saturated carbocycles. The van der Waals surface area contributed by atoms with E-state index in [1.165, 1.54) is 0 Å². The zero-order valence-electron chi connectivity index (χ0n) is 35.3. The highest BCUT2D eigenvalue weighted by Gasteiger charge is 2.25. The predicted octanol–water partition coefficient (Wildman–Crippen LogP) is 15.1. The average Bonchev–Trinajstić information content (AvgIpc) is 3.82. The maximum Gasteiger partial charge on any atom is 0.0998 e. The van der Waals surface area contributed by atoms with Crippen LogP contribution in [-0.2, 0) is 0 Å². The molecular formula is C58H40N6. The highest BCUT2D eigenvalue weighted by molar-refractivity contribution is 6.13. The van der Waals surface area contributed by atoms with Crippen LogP contribution < -0.4 is 10.6 Å². The fraction of sp³-hybridized carbons (Fsp3) is 0.0345. The lowest BCUT2D eigenvalue weighted by atomic mass is 9.91. The number of para-hydroxylation sites is 2. The number of benzene rings is 9. The van der Waals surface area contributed by atoms with Crippen molar-refractivity contribution in [2.45, 2.75) is 13.8 Å². The Morgan fingerprint density at radius 1 is 0.344 bits per heavy atom. The third-order valence-electron chi connectivity index (χ3n) is 12.2. The summed E-state index contributed by atoms with van der Waals surface area (Å²) in [4.78, 5) is 0. The SMILES string of the molecule is Cc1ccc2c3ccc(C)cc3n(-c3cc(-n4c5ccc(Nc6ccccc6)cc5c5cc(Nc6ccccc6)ccc54)c(-c4ccccc4C#N)cc3-c3ccccc3C#N)c2c1. The largest absolute Gasteiger partial charge is 0.356 e. The van der Waals surface area contributed by atoms with E-state index in [0.717, 1.165) is 111 Å². The summed E-state index contributed by atoms with van der Waals surface area (Å²) in [6.07, 6.45) is 0. The van der Waals surface area contributed by atoms with Crippen molar-refractivity contribution < 1.29 is 0 Å². The van der Waals surface area contributed by atoms with Gasteiger partial charge in [-0.25, -0.2) is 0 Å². The molecule has 0 atom stereocenters. The van der Waals surface area contributed by atoms with Gasteiger partial charge in [-0.15, -0.1) is 0 Å². The molecule has 0 unspecified atom stereocenters. The lowest BCUT2D eigenvalue weighted by Crippen LogP contribution is -2.05. The normalized spacial score (nSPS) is 11.2. The van der Waals surface area contributed by atoms with Gasteiger partial charge in [0.2, 0.25) is 0 Å². The Morgan fingerprint density at radius 2 is 0.766 bits per heavy atom. The zero-order valence-corrected chi connectivity index (χ0v) is 35.3. The average molecular weight is 821 g/mol. The monoisotopic (exact) mass is 820 g/mol. The number of nitriles is 2. The van der Waals surface area contributed by atoms with Gasteiger partial charge in [-0.1, -0.05) is 97.1 Å². The van der Waals surface area contributed by atoms with Gasteiger partial charge in [-0.2, -0.15) is 10.5 Å². The third kappa shape index (κ3) is 6.50. The minimum atomic E-state index is 0.559. The molecule has 0 amide bonds. The van der Waals surface area contributed by atoms with E-state index in [1.54, 1.807) is 0 Å². The number of aryl methyl sites for hydroxylation is 2. The van der Waals surface area contributed by atoms with Crippen LogP contribution in [-0.4, -0.2) is 9.13 Å². The summed E-state index contributed by atoms with van der Waals surface area (Å²) in [5.41, 5.74) is 16.7. The lowest BCUT2D eigenvalue weighted by Gasteiger charge is -2.22. The van der Waals surface area contributed by atoms with Gasteiger partial charge in [0.25, 0.3) is 0 Å². The molecule has 0 aliphatic carbocycles. The molecule has 0 fully saturated rings. The maximum atomic E-state index is 10.7. The van der Waals surface area contributed by atoms with E-state index in [2.05, 4.69) is 155 Å². The molecule has 9 aromatic carbocycles. The minimum Gasteiger partial charge on any atom is -0.356 e. The number of hydrogen-bond acceptors (Lipinski definition) is 4. The summed E-state index contributed by atoms with van der Waals surface area (Å²) in [5, 5.41) is 33.0. The Kier molecular flexibility index (Phi) is 9.27. The van der Waals surface area contributed by atoms with E-state index >= 15 is 0 Å². The van der Waals surface area contributed by atoms with Crippen LogP contribution in [0.5, 0.6) is 0 Å². The van der Waals surface area contributed by atoms with Crippen LogP contribution in [0.15, 0.2) is 194 Å². The van der Waals surface area contributed by atoms with Crippen molar-refractivity contribution in [3.8, 4) is 45.8 Å². The van der Waals surface area contributed by atoms with Gasteiger partial charge in [0.1, 0.15) is 0 Å². The van der Waals surface area contributed by atoms with Gasteiger partial charge in [-0.3, -0.25) is 0 Å². The summed E-state index contributed by atoms with van der Waals surface area (Å²) < 4.78 is 4.72. The van der Waals surface area contributed by atoms with Crippen molar-refractivity contribution in [3.63, 3.8) is 0 Å². The second-order valence-electron chi connectivity index (χ2n) is 16.4. The van der Waals surface area contributed by atoms with Crippen LogP contribution in [0.2, 0.25) is 0 Å². The number of nitrogens with zero attached hydrogens (tertiary/aromatic N) is 4. The van der Waals surface area contributed by atoms with E-state index in [9.17, 15) is 10.5 Å². The van der Waals surface area contributed by atoms with Crippen molar-refractivity contribution in [1.29, 1.82) is 10.5 Å². The number of anilines is 4. The highest BCUT2D eigenvalue weighted by atomic mass is 15.0. The van der Waals surface area contributed by atoms with Crippen molar-refractivity contribution in [3.05, 3.63) is 216 Å². The molecule has 11 aromatic rings. The minimum absolute atomic E-state index is 0.559. The standard InChI is InChI=1S/C58H40N6/c1-37-21-25-47-48-26-22-38(2)30-56(48)64(55(47)29-37)58-34-57(51(45-19-11-9-13-39(45)35-59)33-52(58)46-20-12-10-14-40(46)36-60)63-53-27-23-43(61-41-15-5-3-6-16-41)31-49(53)50-32-44(24-28-54(50)63)62-42-17-7-4-8-18-42/h3-34,61-62H,1-2H3. The van der Waals surface area contributed by atoms with E-state index in [0.29, 0.717) is 11.1 Å². The fourth-order valence-electron chi connectivity index (χ4n) is 9.32. The number of fused-ring (bicyclic) bond motifs is 6. The molecule has 0 aliphatic rings. The first-order valence-electron chi connectivity index (χ1n) is 21.4. The predicted molar refractivity (Wildman–Crippen MR) is 264 cm³/mol. The van der Waals surface area contributed by atoms with Crippen molar-refractivity contribution >= 4 is 66.4 Å². The number of nitrogens with one attached hydrogen (secondary N) is 2. The smallest absolute Gasteiger partial charge is 0.0998 e. The fourth-order valence-corrected chi connectivity index (χ4v) is 9.32. The van der Waals surface area contributed by atoms with Crippen LogP contribution in [0.4, 0.5) is 22.7 Å². The molecule has 2 aromatic heterocycles. The van der Waals surface area contributed by atoms with Crippen molar-refractivity contribution in [2.24, 2.45) is 0 Å². The van der Waals surface area contributed by atoms with Crippen molar-refractivity contribution in [2.75, 3.05) is 10.6 Å². The van der Waals surface area contributed by atoms with E-state index in [4.69, 9.17) is 0 Å². The molecule has 2 N–H and O–H groups in total. The number of rotatable bonds is 8.